The molecule has 3 rings (SSSR count). The van der Waals surface area contributed by atoms with E-state index in [2.05, 4.69) is 0 Å². The van der Waals surface area contributed by atoms with E-state index in [4.69, 9.17) is 0 Å². The lowest BCUT2D eigenvalue weighted by Crippen LogP contribution is -2.29. The highest BCUT2D eigenvalue weighted by Gasteiger charge is 2.68. The molecule has 0 bridgehead atoms. The summed E-state index contributed by atoms with van der Waals surface area (Å²) >= 11 is 0. The summed E-state index contributed by atoms with van der Waals surface area (Å²) < 4.78 is 11.3. The van der Waals surface area contributed by atoms with Crippen LogP contribution in [0.3, 0.4) is 0 Å². The molecule has 0 aromatic rings. The van der Waals surface area contributed by atoms with E-state index in [0.29, 0.717) is 17.6 Å². The Hall–Kier alpha value is -0.180. The predicted octanol–water partition coefficient (Wildman–Crippen LogP) is 0.877. The lowest BCUT2D eigenvalue weighted by Gasteiger charge is -2.08. The minimum Gasteiger partial charge on any atom is -0.298 e. The van der Waals surface area contributed by atoms with Crippen LogP contribution in [0, 0.1) is 11.8 Å². The minimum atomic E-state index is -0.812. The van der Waals surface area contributed by atoms with Crippen molar-refractivity contribution in [2.24, 2.45) is 11.8 Å². The Labute approximate surface area is 74.2 Å². The van der Waals surface area contributed by atoms with Crippen LogP contribution in [-0.4, -0.2) is 20.5 Å². The van der Waals surface area contributed by atoms with Gasteiger partial charge in [0, 0.05) is 22.5 Å². The normalized spacial score (nSPS) is 50.3. The fourth-order valence-electron chi connectivity index (χ4n) is 2.46. The van der Waals surface area contributed by atoms with Crippen molar-refractivity contribution in [2.75, 3.05) is 5.75 Å². The topological polar surface area (TPSA) is 34.1 Å². The quantitative estimate of drug-likeness (QED) is 0.638. The third-order valence-electron chi connectivity index (χ3n) is 3.47. The number of fused-ring (bicyclic) bond motifs is 1. The maximum Gasteiger partial charge on any atom is 0.154 e. The van der Waals surface area contributed by atoms with Crippen molar-refractivity contribution in [3.63, 3.8) is 0 Å². The average molecular weight is 184 g/mol. The molecule has 0 radical (unpaired) electrons. The Balaban J connectivity index is 1.91. The van der Waals surface area contributed by atoms with Crippen molar-refractivity contribution < 1.29 is 9.00 Å². The molecule has 12 heavy (non-hydrogen) atoms. The van der Waals surface area contributed by atoms with Crippen molar-refractivity contribution in [3.8, 4) is 0 Å². The number of carbonyl (C=O) groups is 1. The number of hydrogen-bond acceptors (Lipinski definition) is 2. The van der Waals surface area contributed by atoms with E-state index in [1.807, 2.05) is 0 Å². The van der Waals surface area contributed by atoms with Gasteiger partial charge in [-0.15, -0.1) is 0 Å². The Kier molecular flexibility index (Phi) is 1.21. The second-order valence-corrected chi connectivity index (χ2v) is 6.10. The van der Waals surface area contributed by atoms with Crippen LogP contribution in [0.5, 0.6) is 0 Å². The first-order valence-corrected chi connectivity index (χ1v) is 6.00. The third-order valence-corrected chi connectivity index (χ3v) is 5.59. The molecule has 0 amide bonds. The van der Waals surface area contributed by atoms with Crippen molar-refractivity contribution in [2.45, 2.75) is 30.4 Å². The molecule has 0 aromatic carbocycles. The lowest BCUT2D eigenvalue weighted by molar-refractivity contribution is -0.120. The highest BCUT2D eigenvalue weighted by atomic mass is 32.2. The molecule has 1 heterocycles. The largest absolute Gasteiger partial charge is 0.298 e. The van der Waals surface area contributed by atoms with Gasteiger partial charge in [-0.3, -0.25) is 9.00 Å². The number of carbonyl (C=O) groups excluding carboxylic acids is 1. The standard InChI is InChI=1S/C9H12O2S/c10-8(6-1-2-6)9-5-7(9)3-4-12(9)11/h6-7H,1-5H2/t7-,9+,12?/m0/s1. The molecular formula is C9H12O2S. The Morgan fingerprint density at radius 3 is 2.50 bits per heavy atom. The van der Waals surface area contributed by atoms with Gasteiger partial charge in [-0.25, -0.2) is 0 Å². The highest BCUT2D eigenvalue weighted by Crippen LogP contribution is 2.59. The molecule has 0 aromatic heterocycles. The number of hydrogen-bond donors (Lipinski definition) is 0. The van der Waals surface area contributed by atoms with Gasteiger partial charge < -0.3 is 0 Å². The van der Waals surface area contributed by atoms with Crippen LogP contribution in [0.15, 0.2) is 0 Å². The predicted molar refractivity (Wildman–Crippen MR) is 46.2 cm³/mol. The molecule has 3 aliphatic rings. The van der Waals surface area contributed by atoms with Crippen LogP contribution >= 0.6 is 0 Å². The van der Waals surface area contributed by atoms with Gasteiger partial charge in [0.1, 0.15) is 4.75 Å². The molecule has 3 heteroatoms. The molecule has 0 N–H and O–H groups in total. The van der Waals surface area contributed by atoms with Gasteiger partial charge in [0.25, 0.3) is 0 Å². The molecule has 1 unspecified atom stereocenters. The van der Waals surface area contributed by atoms with Crippen LogP contribution in [0.25, 0.3) is 0 Å². The average Bonchev–Trinajstić information content (AvgIpc) is 2.96. The summed E-state index contributed by atoms with van der Waals surface area (Å²) in [5, 5.41) is 0. The van der Waals surface area contributed by atoms with E-state index in [1.165, 1.54) is 0 Å². The maximum atomic E-state index is 11.8. The Bertz CT molecular complexity index is 282. The highest BCUT2D eigenvalue weighted by molar-refractivity contribution is 7.88. The van der Waals surface area contributed by atoms with Crippen LogP contribution in [0.1, 0.15) is 25.7 Å². The zero-order chi connectivity index (χ0) is 8.34. The van der Waals surface area contributed by atoms with Crippen molar-refractivity contribution in [1.82, 2.24) is 0 Å². The minimum absolute atomic E-state index is 0.303. The number of rotatable bonds is 2. The maximum absolute atomic E-state index is 11.8. The van der Waals surface area contributed by atoms with Crippen LogP contribution in [-0.2, 0) is 15.6 Å². The summed E-state index contributed by atoms with van der Waals surface area (Å²) in [4.78, 5) is 11.8. The second kappa shape index (κ2) is 2.00. The summed E-state index contributed by atoms with van der Waals surface area (Å²) in [6.07, 6.45) is 4.09. The summed E-state index contributed by atoms with van der Waals surface area (Å²) in [5.74, 6) is 1.94. The number of ketones is 1. The third kappa shape index (κ3) is 0.709. The van der Waals surface area contributed by atoms with E-state index >= 15 is 0 Å². The fraction of sp³-hybridized carbons (Fsp3) is 0.889. The van der Waals surface area contributed by atoms with Crippen LogP contribution in [0.4, 0.5) is 0 Å². The molecule has 2 aliphatic carbocycles. The monoisotopic (exact) mass is 184 g/mol. The van der Waals surface area contributed by atoms with Gasteiger partial charge in [-0.05, 0) is 31.6 Å². The van der Waals surface area contributed by atoms with E-state index in [0.717, 1.165) is 31.4 Å². The van der Waals surface area contributed by atoms with Crippen molar-refractivity contribution in [1.29, 1.82) is 0 Å². The fourth-order valence-corrected chi connectivity index (χ4v) is 4.59. The van der Waals surface area contributed by atoms with Gasteiger partial charge in [0.2, 0.25) is 0 Å². The van der Waals surface area contributed by atoms with Crippen LogP contribution in [0.2, 0.25) is 0 Å². The first-order valence-electron chi connectivity index (χ1n) is 4.68. The molecule has 0 spiro atoms. The molecule has 3 fully saturated rings. The van der Waals surface area contributed by atoms with Gasteiger partial charge in [0.05, 0.1) is 0 Å². The van der Waals surface area contributed by atoms with E-state index < -0.39 is 10.8 Å². The molecule has 2 saturated carbocycles. The van der Waals surface area contributed by atoms with Crippen molar-refractivity contribution >= 4 is 16.6 Å². The lowest BCUT2D eigenvalue weighted by atomic mass is 10.1. The van der Waals surface area contributed by atoms with Gasteiger partial charge in [-0.2, -0.15) is 0 Å². The van der Waals surface area contributed by atoms with Gasteiger partial charge >= 0.3 is 0 Å². The second-order valence-electron chi connectivity index (χ2n) is 4.27. The first kappa shape index (κ1) is 7.25. The molecule has 1 saturated heterocycles. The molecule has 66 valence electrons. The SMILES string of the molecule is O=C(C1CC1)[C@@]12C[C@@H]1CCS2=O. The molecule has 1 aliphatic heterocycles. The molecular weight excluding hydrogens is 172 g/mol. The van der Waals surface area contributed by atoms with E-state index in [9.17, 15) is 9.00 Å². The summed E-state index contributed by atoms with van der Waals surface area (Å²) in [5.41, 5.74) is 0. The first-order chi connectivity index (χ1) is 5.75. The summed E-state index contributed by atoms with van der Waals surface area (Å²) in [6.45, 7) is 0. The summed E-state index contributed by atoms with van der Waals surface area (Å²) in [7, 11) is -0.812. The Morgan fingerprint density at radius 1 is 1.33 bits per heavy atom. The van der Waals surface area contributed by atoms with Gasteiger partial charge in [-0.1, -0.05) is 0 Å². The molecule has 2 nitrogen and oxygen atoms in total. The summed E-state index contributed by atoms with van der Waals surface area (Å²) in [6, 6.07) is 0. The van der Waals surface area contributed by atoms with Crippen LogP contribution < -0.4 is 0 Å². The number of Topliss-reactive ketones (excluding diaryl/α,β-unsaturated/α-hetero) is 1. The van der Waals surface area contributed by atoms with Crippen molar-refractivity contribution in [3.05, 3.63) is 0 Å². The molecule has 3 atom stereocenters. The van der Waals surface area contributed by atoms with E-state index in [1.54, 1.807) is 0 Å². The zero-order valence-corrected chi connectivity index (χ0v) is 7.73. The van der Waals surface area contributed by atoms with Gasteiger partial charge in [0.15, 0.2) is 5.78 Å². The zero-order valence-electron chi connectivity index (χ0n) is 6.91. The van der Waals surface area contributed by atoms with E-state index in [-0.39, 0.29) is 4.75 Å². The smallest absolute Gasteiger partial charge is 0.154 e. The Morgan fingerprint density at radius 2 is 2.08 bits per heavy atom.